The molecule has 3 atom stereocenters. The largest absolute Gasteiger partial charge is 0.465 e. The van der Waals surface area contributed by atoms with Crippen LogP contribution in [0.1, 0.15) is 21.9 Å². The highest BCUT2D eigenvalue weighted by atomic mass is 35.5. The van der Waals surface area contributed by atoms with Crippen molar-refractivity contribution in [3.8, 4) is 0 Å². The summed E-state index contributed by atoms with van der Waals surface area (Å²) < 4.78 is 49.7. The van der Waals surface area contributed by atoms with Gasteiger partial charge in [0.1, 0.15) is 22.1 Å². The number of anilines is 1. The molecule has 4 rings (SSSR count). The fourth-order valence-corrected chi connectivity index (χ4v) is 4.42. The summed E-state index contributed by atoms with van der Waals surface area (Å²) >= 11 is 6.90. The normalized spacial score (nSPS) is 26.3. The van der Waals surface area contributed by atoms with Crippen molar-refractivity contribution in [3.63, 3.8) is 0 Å². The minimum Gasteiger partial charge on any atom is -0.465 e. The summed E-state index contributed by atoms with van der Waals surface area (Å²) in [5.41, 5.74) is 4.62. The number of nitrogens with two attached hydrogens (primary N) is 1. The van der Waals surface area contributed by atoms with Crippen LogP contribution >= 0.6 is 22.9 Å². The number of amidine groups is 1. The SMILES string of the molecule is NC1=NC2(c3nc(NC(=O)c4ccc(Cl)cn4)cs3)COC(C(F)(F)F)CC2CO1. The van der Waals surface area contributed by atoms with Crippen LogP contribution in [0.2, 0.25) is 5.02 Å². The summed E-state index contributed by atoms with van der Waals surface area (Å²) in [6.45, 7) is -0.396. The van der Waals surface area contributed by atoms with Gasteiger partial charge in [-0.05, 0) is 18.6 Å². The molecule has 2 aromatic heterocycles. The minimum atomic E-state index is -4.49. The Morgan fingerprint density at radius 2 is 2.20 bits per heavy atom. The predicted octanol–water partition coefficient (Wildman–Crippen LogP) is 2.95. The van der Waals surface area contributed by atoms with Gasteiger partial charge < -0.3 is 20.5 Å². The summed E-state index contributed by atoms with van der Waals surface area (Å²) in [6, 6.07) is 2.83. The first kappa shape index (κ1) is 20.8. The number of fused-ring (bicyclic) bond motifs is 1. The number of halogens is 4. The van der Waals surface area contributed by atoms with Crippen molar-refractivity contribution in [2.45, 2.75) is 24.2 Å². The topological polar surface area (TPSA) is 112 Å². The lowest BCUT2D eigenvalue weighted by molar-refractivity contribution is -0.249. The molecule has 4 heterocycles. The van der Waals surface area contributed by atoms with E-state index in [9.17, 15) is 18.0 Å². The van der Waals surface area contributed by atoms with Gasteiger partial charge in [-0.2, -0.15) is 13.2 Å². The van der Waals surface area contributed by atoms with E-state index in [1.54, 1.807) is 5.38 Å². The Labute approximate surface area is 177 Å². The van der Waals surface area contributed by atoms with E-state index in [1.165, 1.54) is 18.3 Å². The number of hydrogen-bond donors (Lipinski definition) is 2. The highest BCUT2D eigenvalue weighted by Gasteiger charge is 2.56. The van der Waals surface area contributed by atoms with Crippen LogP contribution in [-0.4, -0.2) is 47.4 Å². The Morgan fingerprint density at radius 1 is 1.40 bits per heavy atom. The summed E-state index contributed by atoms with van der Waals surface area (Å²) in [5.74, 6) is -0.939. The molecule has 2 aliphatic rings. The van der Waals surface area contributed by atoms with Gasteiger partial charge in [-0.3, -0.25) is 4.79 Å². The number of alkyl halides is 3. The van der Waals surface area contributed by atoms with Gasteiger partial charge in [0.15, 0.2) is 6.10 Å². The van der Waals surface area contributed by atoms with Crippen LogP contribution in [0.25, 0.3) is 0 Å². The molecule has 0 spiro atoms. The van der Waals surface area contributed by atoms with Crippen LogP contribution in [0.15, 0.2) is 28.7 Å². The number of rotatable bonds is 3. The maximum Gasteiger partial charge on any atom is 0.414 e. The smallest absolute Gasteiger partial charge is 0.414 e. The number of amides is 1. The van der Waals surface area contributed by atoms with Gasteiger partial charge >= 0.3 is 6.18 Å². The average molecular weight is 462 g/mol. The molecule has 3 N–H and O–H groups in total. The van der Waals surface area contributed by atoms with E-state index in [0.717, 1.165) is 11.3 Å². The molecule has 1 amide bonds. The van der Waals surface area contributed by atoms with E-state index in [1.807, 2.05) is 0 Å². The standard InChI is InChI=1S/C17H15ClF3N5O3S/c18-9-1-2-10(23-4-9)13(27)24-12-6-30-14(25-12)16-7-29-11(17(19,20)21)3-8(16)5-28-15(22)26-16/h1-2,4,6,8,11H,3,5,7H2,(H2,22,26)(H,24,27). The molecule has 30 heavy (non-hydrogen) atoms. The summed E-state index contributed by atoms with van der Waals surface area (Å²) in [5, 5.41) is 4.92. The van der Waals surface area contributed by atoms with E-state index < -0.39 is 29.6 Å². The first-order chi connectivity index (χ1) is 14.2. The Bertz CT molecular complexity index is 984. The molecule has 0 aliphatic carbocycles. The van der Waals surface area contributed by atoms with Crippen molar-refractivity contribution < 1.29 is 27.4 Å². The van der Waals surface area contributed by atoms with E-state index >= 15 is 0 Å². The second kappa shape index (κ2) is 7.67. The van der Waals surface area contributed by atoms with Gasteiger partial charge in [0.2, 0.25) is 0 Å². The van der Waals surface area contributed by atoms with Crippen LogP contribution in [0.5, 0.6) is 0 Å². The summed E-state index contributed by atoms with van der Waals surface area (Å²) in [6.07, 6.45) is -5.41. The van der Waals surface area contributed by atoms with E-state index in [2.05, 4.69) is 20.3 Å². The summed E-state index contributed by atoms with van der Waals surface area (Å²) in [7, 11) is 0. The predicted molar refractivity (Wildman–Crippen MR) is 102 cm³/mol. The van der Waals surface area contributed by atoms with E-state index in [-0.39, 0.29) is 37.2 Å². The van der Waals surface area contributed by atoms with Gasteiger partial charge in [-0.1, -0.05) is 11.6 Å². The number of carbonyl (C=O) groups is 1. The Morgan fingerprint density at radius 3 is 2.90 bits per heavy atom. The lowest BCUT2D eigenvalue weighted by Gasteiger charge is -2.44. The number of nitrogens with zero attached hydrogens (tertiary/aromatic N) is 3. The van der Waals surface area contributed by atoms with Crippen LogP contribution in [0.3, 0.4) is 0 Å². The summed E-state index contributed by atoms with van der Waals surface area (Å²) in [4.78, 5) is 24.9. The number of ether oxygens (including phenoxy) is 2. The zero-order valence-corrected chi connectivity index (χ0v) is 16.7. The lowest BCUT2D eigenvalue weighted by Crippen LogP contribution is -2.54. The van der Waals surface area contributed by atoms with Gasteiger partial charge in [-0.25, -0.2) is 15.0 Å². The molecule has 0 bridgehead atoms. The van der Waals surface area contributed by atoms with Gasteiger partial charge in [-0.15, -0.1) is 11.3 Å². The molecule has 2 aliphatic heterocycles. The number of nitrogens with one attached hydrogen (secondary N) is 1. The van der Waals surface area contributed by atoms with Crippen LogP contribution in [0, 0.1) is 5.92 Å². The number of aromatic nitrogens is 2. The number of pyridine rings is 1. The molecule has 8 nitrogen and oxygen atoms in total. The van der Waals surface area contributed by atoms with E-state index in [4.69, 9.17) is 26.8 Å². The molecule has 0 radical (unpaired) electrons. The highest BCUT2D eigenvalue weighted by Crippen LogP contribution is 2.47. The minimum absolute atomic E-state index is 0.0404. The van der Waals surface area contributed by atoms with E-state index in [0.29, 0.717) is 10.0 Å². The fraction of sp³-hybridized carbons (Fsp3) is 0.412. The zero-order valence-electron chi connectivity index (χ0n) is 15.1. The zero-order chi connectivity index (χ0) is 21.5. The molecule has 3 unspecified atom stereocenters. The van der Waals surface area contributed by atoms with Crippen molar-refractivity contribution in [3.05, 3.63) is 39.4 Å². The number of thiazole rings is 1. The first-order valence-corrected chi connectivity index (χ1v) is 9.98. The monoisotopic (exact) mass is 461 g/mol. The van der Waals surface area contributed by atoms with Crippen molar-refractivity contribution in [1.82, 2.24) is 9.97 Å². The molecule has 13 heteroatoms. The maximum atomic E-state index is 13.1. The van der Waals surface area contributed by atoms with Gasteiger partial charge in [0, 0.05) is 17.5 Å². The molecule has 1 saturated heterocycles. The van der Waals surface area contributed by atoms with Crippen LogP contribution in [-0.2, 0) is 15.0 Å². The third kappa shape index (κ3) is 3.94. The molecule has 2 aromatic rings. The molecular formula is C17H15ClF3N5O3S. The molecule has 0 saturated carbocycles. The maximum absolute atomic E-state index is 13.1. The number of aliphatic imine (C=N–C) groups is 1. The molecule has 0 aromatic carbocycles. The third-order valence-corrected chi connectivity index (χ3v) is 6.09. The van der Waals surface area contributed by atoms with Crippen molar-refractivity contribution in [1.29, 1.82) is 0 Å². The average Bonchev–Trinajstić information content (AvgIpc) is 3.16. The molecule has 1 fully saturated rings. The van der Waals surface area contributed by atoms with Crippen molar-refractivity contribution in [2.24, 2.45) is 16.6 Å². The fourth-order valence-electron chi connectivity index (χ4n) is 3.34. The second-order valence-electron chi connectivity index (χ2n) is 6.81. The Kier molecular flexibility index (Phi) is 5.32. The second-order valence-corrected chi connectivity index (χ2v) is 8.11. The third-order valence-electron chi connectivity index (χ3n) is 4.86. The molecular weight excluding hydrogens is 447 g/mol. The van der Waals surface area contributed by atoms with Crippen molar-refractivity contribution in [2.75, 3.05) is 18.5 Å². The molecule has 160 valence electrons. The van der Waals surface area contributed by atoms with Gasteiger partial charge in [0.25, 0.3) is 11.9 Å². The van der Waals surface area contributed by atoms with Crippen LogP contribution in [0.4, 0.5) is 19.0 Å². The quantitative estimate of drug-likeness (QED) is 0.727. The Balaban J connectivity index is 1.58. The highest BCUT2D eigenvalue weighted by molar-refractivity contribution is 7.10. The number of hydrogen-bond acceptors (Lipinski definition) is 8. The number of carbonyl (C=O) groups excluding carboxylic acids is 1. The van der Waals surface area contributed by atoms with Crippen molar-refractivity contribution >= 4 is 40.7 Å². The first-order valence-electron chi connectivity index (χ1n) is 8.73. The lowest BCUT2D eigenvalue weighted by atomic mass is 9.79. The van der Waals surface area contributed by atoms with Gasteiger partial charge in [0.05, 0.1) is 18.2 Å². The Hall–Kier alpha value is -2.44. The van der Waals surface area contributed by atoms with Crippen LogP contribution < -0.4 is 11.1 Å².